The van der Waals surface area contributed by atoms with Gasteiger partial charge in [0.1, 0.15) is 0 Å². The Morgan fingerprint density at radius 3 is 2.38 bits per heavy atom. The molecule has 1 saturated carbocycles. The van der Waals surface area contributed by atoms with E-state index in [1.165, 1.54) is 12.1 Å². The molecule has 0 spiro atoms. The van der Waals surface area contributed by atoms with E-state index in [0.717, 1.165) is 0 Å². The summed E-state index contributed by atoms with van der Waals surface area (Å²) in [6.45, 7) is 1.68. The highest BCUT2D eigenvalue weighted by Gasteiger charge is 2.26. The van der Waals surface area contributed by atoms with E-state index in [1.54, 1.807) is 13.0 Å². The lowest BCUT2D eigenvalue weighted by Gasteiger charge is -2.26. The average Bonchev–Trinajstić information content (AvgIpc) is 2.41. The zero-order valence-electron chi connectivity index (χ0n) is 11.9. The number of aliphatic hydroxyl groups is 1. The van der Waals surface area contributed by atoms with Gasteiger partial charge < -0.3 is 15.2 Å². The lowest BCUT2D eigenvalue weighted by Crippen LogP contribution is -2.39. The molecule has 21 heavy (non-hydrogen) atoms. The van der Waals surface area contributed by atoms with Crippen molar-refractivity contribution in [2.75, 3.05) is 0 Å². The van der Waals surface area contributed by atoms with Crippen LogP contribution in [-0.4, -0.2) is 42.8 Å². The molecule has 0 aromatic heterocycles. The summed E-state index contributed by atoms with van der Waals surface area (Å²) in [6.07, 6.45) is 2.02. The minimum absolute atomic E-state index is 0.0160. The minimum Gasteiger partial charge on any atom is -0.423 e. The van der Waals surface area contributed by atoms with Crippen LogP contribution in [0.1, 0.15) is 31.2 Å². The molecule has 1 fully saturated rings. The predicted octanol–water partition coefficient (Wildman–Crippen LogP) is -0.743. The number of sulfonamides is 1. The van der Waals surface area contributed by atoms with Gasteiger partial charge in [-0.15, -0.1) is 0 Å². The van der Waals surface area contributed by atoms with Gasteiger partial charge in [0.15, 0.2) is 0 Å². The van der Waals surface area contributed by atoms with Crippen LogP contribution in [0.5, 0.6) is 0 Å². The summed E-state index contributed by atoms with van der Waals surface area (Å²) in [5.74, 6) is 0. The maximum atomic E-state index is 12.3. The molecule has 0 heterocycles. The summed E-state index contributed by atoms with van der Waals surface area (Å²) in [7, 11) is -5.41. The molecule has 1 aliphatic rings. The second-order valence-corrected chi connectivity index (χ2v) is 7.23. The highest BCUT2D eigenvalue weighted by molar-refractivity contribution is 7.89. The van der Waals surface area contributed by atoms with Crippen LogP contribution < -0.4 is 10.2 Å². The Kier molecular flexibility index (Phi) is 5.05. The summed E-state index contributed by atoms with van der Waals surface area (Å²) in [4.78, 5) is 0.0160. The second kappa shape index (κ2) is 6.45. The van der Waals surface area contributed by atoms with E-state index < -0.39 is 17.1 Å². The van der Waals surface area contributed by atoms with Crippen LogP contribution in [0.25, 0.3) is 0 Å². The molecule has 116 valence electrons. The third-order valence-electron chi connectivity index (χ3n) is 3.86. The van der Waals surface area contributed by atoms with Gasteiger partial charge in [-0.25, -0.2) is 13.1 Å². The SMILES string of the molecule is Cc1ccc(S(=O)(=O)NC2CCC(O)CC2)cc1B(O)O. The predicted molar refractivity (Wildman–Crippen MR) is 79.6 cm³/mol. The maximum absolute atomic E-state index is 12.3. The first-order valence-electron chi connectivity index (χ1n) is 6.96. The van der Waals surface area contributed by atoms with Crippen molar-refractivity contribution in [3.8, 4) is 0 Å². The van der Waals surface area contributed by atoms with E-state index in [2.05, 4.69) is 4.72 Å². The van der Waals surface area contributed by atoms with Crippen molar-refractivity contribution in [1.29, 1.82) is 0 Å². The maximum Gasteiger partial charge on any atom is 0.488 e. The fourth-order valence-corrected chi connectivity index (χ4v) is 3.88. The smallest absolute Gasteiger partial charge is 0.423 e. The van der Waals surface area contributed by atoms with Crippen LogP contribution in [0.15, 0.2) is 23.1 Å². The Hall–Kier alpha value is -0.925. The number of rotatable bonds is 4. The number of aryl methyl sites for hydroxylation is 1. The highest BCUT2D eigenvalue weighted by atomic mass is 32.2. The van der Waals surface area contributed by atoms with Gasteiger partial charge in [0, 0.05) is 6.04 Å². The Balaban J connectivity index is 2.18. The molecule has 4 N–H and O–H groups in total. The van der Waals surface area contributed by atoms with Crippen molar-refractivity contribution >= 4 is 22.6 Å². The van der Waals surface area contributed by atoms with Crippen molar-refractivity contribution in [2.24, 2.45) is 0 Å². The molecule has 0 amide bonds. The van der Waals surface area contributed by atoms with Crippen LogP contribution in [0.4, 0.5) is 0 Å². The number of nitrogens with one attached hydrogen (secondary N) is 1. The summed E-state index contributed by atoms with van der Waals surface area (Å²) < 4.78 is 27.3. The molecular weight excluding hydrogens is 293 g/mol. The fourth-order valence-electron chi connectivity index (χ4n) is 2.55. The molecule has 1 aliphatic carbocycles. The normalized spacial score (nSPS) is 23.0. The second-order valence-electron chi connectivity index (χ2n) is 5.52. The largest absolute Gasteiger partial charge is 0.488 e. The summed E-state index contributed by atoms with van der Waals surface area (Å²) in [6, 6.07) is 4.08. The highest BCUT2D eigenvalue weighted by Crippen LogP contribution is 2.20. The molecular formula is C13H20BNO5S. The van der Waals surface area contributed by atoms with Gasteiger partial charge in [-0.1, -0.05) is 11.6 Å². The van der Waals surface area contributed by atoms with Crippen LogP contribution in [0, 0.1) is 6.92 Å². The summed E-state index contributed by atoms with van der Waals surface area (Å²) in [5, 5.41) is 28.0. The Bertz CT molecular complexity index is 597. The minimum atomic E-state index is -3.70. The van der Waals surface area contributed by atoms with E-state index in [-0.39, 0.29) is 22.5 Å². The number of benzene rings is 1. The van der Waals surface area contributed by atoms with Crippen LogP contribution in [0.2, 0.25) is 0 Å². The van der Waals surface area contributed by atoms with Gasteiger partial charge in [-0.2, -0.15) is 0 Å². The van der Waals surface area contributed by atoms with Gasteiger partial charge in [0.05, 0.1) is 11.0 Å². The van der Waals surface area contributed by atoms with Crippen molar-refractivity contribution in [2.45, 2.75) is 49.6 Å². The molecule has 0 saturated heterocycles. The molecule has 0 radical (unpaired) electrons. The average molecular weight is 313 g/mol. The fraction of sp³-hybridized carbons (Fsp3) is 0.538. The summed E-state index contributed by atoms with van der Waals surface area (Å²) >= 11 is 0. The molecule has 1 aromatic carbocycles. The molecule has 8 heteroatoms. The molecule has 0 bridgehead atoms. The lowest BCUT2D eigenvalue weighted by atomic mass is 9.77. The van der Waals surface area contributed by atoms with E-state index in [9.17, 15) is 23.6 Å². The van der Waals surface area contributed by atoms with Gasteiger partial charge in [0.2, 0.25) is 10.0 Å². The topological polar surface area (TPSA) is 107 Å². The third kappa shape index (κ3) is 4.05. The van der Waals surface area contributed by atoms with Crippen LogP contribution in [-0.2, 0) is 10.0 Å². The first-order chi connectivity index (χ1) is 9.79. The molecule has 1 aromatic rings. The third-order valence-corrected chi connectivity index (χ3v) is 5.38. The van der Waals surface area contributed by atoms with Gasteiger partial charge in [-0.3, -0.25) is 0 Å². The van der Waals surface area contributed by atoms with E-state index in [0.29, 0.717) is 31.2 Å². The number of hydrogen-bond donors (Lipinski definition) is 4. The van der Waals surface area contributed by atoms with Gasteiger partial charge >= 0.3 is 7.12 Å². The van der Waals surface area contributed by atoms with Crippen LogP contribution >= 0.6 is 0 Å². The Morgan fingerprint density at radius 1 is 1.19 bits per heavy atom. The van der Waals surface area contributed by atoms with Crippen molar-refractivity contribution < 1.29 is 23.6 Å². The molecule has 2 rings (SSSR count). The monoisotopic (exact) mass is 313 g/mol. The van der Waals surface area contributed by atoms with Crippen molar-refractivity contribution in [1.82, 2.24) is 4.72 Å². The Labute approximate surface area is 125 Å². The zero-order valence-corrected chi connectivity index (χ0v) is 12.7. The lowest BCUT2D eigenvalue weighted by molar-refractivity contribution is 0.120. The molecule has 0 aliphatic heterocycles. The number of aliphatic hydroxyl groups excluding tert-OH is 1. The standard InChI is InChI=1S/C13H20BNO5S/c1-9-2-7-12(8-13(9)14(17)18)21(19,20)15-10-3-5-11(16)6-4-10/h2,7-8,10-11,15-18H,3-6H2,1H3. The number of hydrogen-bond acceptors (Lipinski definition) is 5. The van der Waals surface area contributed by atoms with Crippen molar-refractivity contribution in [3.63, 3.8) is 0 Å². The summed E-state index contributed by atoms with van der Waals surface area (Å²) in [5.41, 5.74) is 0.793. The van der Waals surface area contributed by atoms with E-state index in [1.807, 2.05) is 0 Å². The first-order valence-corrected chi connectivity index (χ1v) is 8.45. The van der Waals surface area contributed by atoms with E-state index in [4.69, 9.17) is 0 Å². The van der Waals surface area contributed by atoms with Gasteiger partial charge in [-0.05, 0) is 50.2 Å². The molecule has 0 atom stereocenters. The van der Waals surface area contributed by atoms with E-state index >= 15 is 0 Å². The quantitative estimate of drug-likeness (QED) is 0.548. The molecule has 0 unspecified atom stereocenters. The molecule has 6 nitrogen and oxygen atoms in total. The zero-order chi connectivity index (χ0) is 15.6. The van der Waals surface area contributed by atoms with Crippen molar-refractivity contribution in [3.05, 3.63) is 23.8 Å². The van der Waals surface area contributed by atoms with Gasteiger partial charge in [0.25, 0.3) is 0 Å². The first kappa shape index (κ1) is 16.4. The van der Waals surface area contributed by atoms with Crippen LogP contribution in [0.3, 0.4) is 0 Å². The Morgan fingerprint density at radius 2 is 1.81 bits per heavy atom.